The molecule has 0 aliphatic carbocycles. The minimum atomic E-state index is -0.881. The van der Waals surface area contributed by atoms with Crippen LogP contribution in [0.1, 0.15) is 6.92 Å². The molecular weight excluding hydrogens is 146 g/mol. The average molecular weight is 159 g/mol. The number of morpholine rings is 1. The number of aliphatic hydroxyl groups excluding tert-OH is 1. The van der Waals surface area contributed by atoms with E-state index in [-0.39, 0.29) is 5.91 Å². The van der Waals surface area contributed by atoms with E-state index in [1.165, 1.54) is 6.92 Å². The van der Waals surface area contributed by atoms with Crippen LogP contribution in [-0.2, 0) is 9.53 Å². The number of rotatable bonds is 1. The van der Waals surface area contributed by atoms with Crippen LogP contribution in [0, 0.1) is 0 Å². The van der Waals surface area contributed by atoms with Gasteiger partial charge in [0.25, 0.3) is 5.91 Å². The maximum atomic E-state index is 11.1. The van der Waals surface area contributed by atoms with Gasteiger partial charge in [0.05, 0.1) is 13.2 Å². The van der Waals surface area contributed by atoms with Crippen LogP contribution in [0.25, 0.3) is 0 Å². The second-order valence-electron chi connectivity index (χ2n) is 2.61. The Bertz CT molecular complexity index is 141. The Labute approximate surface area is 65.8 Å². The molecule has 4 nitrogen and oxygen atoms in total. The molecule has 1 aliphatic rings. The first-order valence-electron chi connectivity index (χ1n) is 3.76. The van der Waals surface area contributed by atoms with Crippen LogP contribution in [0.2, 0.25) is 0 Å². The third kappa shape index (κ3) is 2.17. The molecule has 4 heteroatoms. The van der Waals surface area contributed by atoms with Gasteiger partial charge in [-0.2, -0.15) is 0 Å². The van der Waals surface area contributed by atoms with Crippen molar-refractivity contribution in [1.29, 1.82) is 0 Å². The number of carbonyl (C=O) groups is 1. The van der Waals surface area contributed by atoms with Crippen molar-refractivity contribution in [2.75, 3.05) is 26.3 Å². The lowest BCUT2D eigenvalue weighted by atomic mass is 10.3. The van der Waals surface area contributed by atoms with E-state index < -0.39 is 6.10 Å². The number of hydrogen-bond acceptors (Lipinski definition) is 3. The van der Waals surface area contributed by atoms with Crippen LogP contribution in [0.4, 0.5) is 0 Å². The molecule has 11 heavy (non-hydrogen) atoms. The molecule has 1 N–H and O–H groups in total. The van der Waals surface area contributed by atoms with E-state index in [0.717, 1.165) is 0 Å². The van der Waals surface area contributed by atoms with E-state index in [4.69, 9.17) is 9.84 Å². The van der Waals surface area contributed by atoms with Crippen LogP contribution < -0.4 is 0 Å². The van der Waals surface area contributed by atoms with Crippen molar-refractivity contribution >= 4 is 5.91 Å². The molecular formula is C7H13NO3. The van der Waals surface area contributed by atoms with Gasteiger partial charge >= 0.3 is 0 Å². The van der Waals surface area contributed by atoms with Gasteiger partial charge in [0.1, 0.15) is 6.10 Å². The Kier molecular flexibility index (Phi) is 2.84. The van der Waals surface area contributed by atoms with Crippen LogP contribution in [0.3, 0.4) is 0 Å². The van der Waals surface area contributed by atoms with E-state index in [2.05, 4.69) is 0 Å². The third-order valence-electron chi connectivity index (χ3n) is 1.68. The van der Waals surface area contributed by atoms with Crippen molar-refractivity contribution < 1.29 is 14.6 Å². The van der Waals surface area contributed by atoms with Gasteiger partial charge in [-0.25, -0.2) is 0 Å². The van der Waals surface area contributed by atoms with Gasteiger partial charge in [0.15, 0.2) is 0 Å². The molecule has 1 rings (SSSR count). The van der Waals surface area contributed by atoms with Crippen molar-refractivity contribution in [2.24, 2.45) is 0 Å². The number of nitrogens with zero attached hydrogens (tertiary/aromatic N) is 1. The monoisotopic (exact) mass is 159 g/mol. The first-order chi connectivity index (χ1) is 5.22. The van der Waals surface area contributed by atoms with Gasteiger partial charge in [-0.1, -0.05) is 0 Å². The highest BCUT2D eigenvalue weighted by molar-refractivity contribution is 5.80. The Morgan fingerprint density at radius 2 is 2.09 bits per heavy atom. The second-order valence-corrected chi connectivity index (χ2v) is 2.61. The lowest BCUT2D eigenvalue weighted by molar-refractivity contribution is -0.143. The van der Waals surface area contributed by atoms with Crippen molar-refractivity contribution in [2.45, 2.75) is 13.0 Å². The molecule has 0 aromatic rings. The molecule has 0 bridgehead atoms. The van der Waals surface area contributed by atoms with Crippen molar-refractivity contribution in [3.8, 4) is 0 Å². The van der Waals surface area contributed by atoms with Crippen LogP contribution in [0.5, 0.6) is 0 Å². The Hall–Kier alpha value is -0.610. The van der Waals surface area contributed by atoms with Crippen molar-refractivity contribution in [1.82, 2.24) is 4.90 Å². The summed E-state index contributed by atoms with van der Waals surface area (Å²) in [5.41, 5.74) is 0. The molecule has 0 radical (unpaired) electrons. The zero-order chi connectivity index (χ0) is 8.27. The van der Waals surface area contributed by atoms with E-state index in [0.29, 0.717) is 26.3 Å². The van der Waals surface area contributed by atoms with Gasteiger partial charge in [0, 0.05) is 13.1 Å². The summed E-state index contributed by atoms with van der Waals surface area (Å²) in [7, 11) is 0. The van der Waals surface area contributed by atoms with Gasteiger partial charge in [-0.3, -0.25) is 4.79 Å². The highest BCUT2D eigenvalue weighted by Gasteiger charge is 2.19. The van der Waals surface area contributed by atoms with Gasteiger partial charge in [-0.15, -0.1) is 0 Å². The summed E-state index contributed by atoms with van der Waals surface area (Å²) < 4.78 is 5.05. The number of aliphatic hydroxyl groups is 1. The zero-order valence-electron chi connectivity index (χ0n) is 6.62. The van der Waals surface area contributed by atoms with Crippen LogP contribution in [-0.4, -0.2) is 48.3 Å². The summed E-state index contributed by atoms with van der Waals surface area (Å²) in [6.07, 6.45) is -0.881. The fraction of sp³-hybridized carbons (Fsp3) is 0.857. The molecule has 0 aromatic carbocycles. The number of hydrogen-bond donors (Lipinski definition) is 1. The Morgan fingerprint density at radius 3 is 2.55 bits per heavy atom. The highest BCUT2D eigenvalue weighted by atomic mass is 16.5. The predicted octanol–water partition coefficient (Wildman–Crippen LogP) is -0.774. The maximum absolute atomic E-state index is 11.1. The normalized spacial score (nSPS) is 21.5. The lowest BCUT2D eigenvalue weighted by Crippen LogP contribution is -2.44. The Morgan fingerprint density at radius 1 is 1.55 bits per heavy atom. The summed E-state index contributed by atoms with van der Waals surface area (Å²) in [5.74, 6) is -0.201. The molecule has 0 unspecified atom stereocenters. The Balaban J connectivity index is 2.39. The first kappa shape index (κ1) is 8.49. The molecule has 64 valence electrons. The largest absolute Gasteiger partial charge is 0.384 e. The topological polar surface area (TPSA) is 49.8 Å². The van der Waals surface area contributed by atoms with E-state index in [1.807, 2.05) is 0 Å². The van der Waals surface area contributed by atoms with Crippen molar-refractivity contribution in [3.05, 3.63) is 0 Å². The predicted molar refractivity (Wildman–Crippen MR) is 39.1 cm³/mol. The minimum absolute atomic E-state index is 0.201. The molecule has 1 heterocycles. The third-order valence-corrected chi connectivity index (χ3v) is 1.68. The van der Waals surface area contributed by atoms with Crippen LogP contribution >= 0.6 is 0 Å². The summed E-state index contributed by atoms with van der Waals surface area (Å²) >= 11 is 0. The molecule has 0 spiro atoms. The van der Waals surface area contributed by atoms with Crippen molar-refractivity contribution in [3.63, 3.8) is 0 Å². The van der Waals surface area contributed by atoms with Crippen LogP contribution in [0.15, 0.2) is 0 Å². The molecule has 0 saturated carbocycles. The van der Waals surface area contributed by atoms with E-state index in [9.17, 15) is 4.79 Å². The SMILES string of the molecule is C[C@H](O)C(=O)N1CCOCC1. The second kappa shape index (κ2) is 3.69. The molecule has 0 aromatic heterocycles. The molecule has 1 aliphatic heterocycles. The van der Waals surface area contributed by atoms with Gasteiger partial charge < -0.3 is 14.7 Å². The summed E-state index contributed by atoms with van der Waals surface area (Å²) in [5, 5.41) is 8.94. The summed E-state index contributed by atoms with van der Waals surface area (Å²) in [4.78, 5) is 12.7. The quantitative estimate of drug-likeness (QED) is 0.546. The standard InChI is InChI=1S/C7H13NO3/c1-6(9)7(10)8-2-4-11-5-3-8/h6,9H,2-5H2,1H3/t6-/m0/s1. The molecule has 1 amide bonds. The van der Waals surface area contributed by atoms with Gasteiger partial charge in [-0.05, 0) is 6.92 Å². The minimum Gasteiger partial charge on any atom is -0.384 e. The summed E-state index contributed by atoms with van der Waals surface area (Å²) in [6.45, 7) is 3.85. The molecule has 1 fully saturated rings. The van der Waals surface area contributed by atoms with Gasteiger partial charge in [0.2, 0.25) is 0 Å². The number of ether oxygens (including phenoxy) is 1. The number of carbonyl (C=O) groups excluding carboxylic acids is 1. The smallest absolute Gasteiger partial charge is 0.251 e. The number of amides is 1. The van der Waals surface area contributed by atoms with E-state index in [1.54, 1.807) is 4.90 Å². The highest BCUT2D eigenvalue weighted by Crippen LogP contribution is 1.99. The fourth-order valence-electron chi connectivity index (χ4n) is 1.05. The average Bonchev–Trinajstić information content (AvgIpc) is 2.05. The fourth-order valence-corrected chi connectivity index (χ4v) is 1.05. The molecule has 1 saturated heterocycles. The maximum Gasteiger partial charge on any atom is 0.251 e. The zero-order valence-corrected chi connectivity index (χ0v) is 6.62. The van der Waals surface area contributed by atoms with E-state index >= 15 is 0 Å². The summed E-state index contributed by atoms with van der Waals surface area (Å²) in [6, 6.07) is 0. The molecule has 1 atom stereocenters. The first-order valence-corrected chi connectivity index (χ1v) is 3.76. The lowest BCUT2D eigenvalue weighted by Gasteiger charge is -2.27.